The molecule has 122 valence electrons. The molecule has 3 aromatic rings. The van der Waals surface area contributed by atoms with Crippen molar-refractivity contribution in [1.29, 1.82) is 0 Å². The molecule has 24 heavy (non-hydrogen) atoms. The van der Waals surface area contributed by atoms with Crippen LogP contribution in [0.3, 0.4) is 0 Å². The Bertz CT molecular complexity index is 904. The Balaban J connectivity index is 1.66. The highest BCUT2D eigenvalue weighted by atomic mass is 35.5. The number of nitrogens with zero attached hydrogens (tertiary/aromatic N) is 2. The predicted molar refractivity (Wildman–Crippen MR) is 95.6 cm³/mol. The Morgan fingerprint density at radius 1 is 1.17 bits per heavy atom. The number of halogens is 2. The van der Waals surface area contributed by atoms with Crippen molar-refractivity contribution in [3.05, 3.63) is 63.8 Å². The SMILES string of the molecule is O=C(c1ccc2n[nH]c(Cl)c2c1)N1CCCC1c1ccc(Cl)cc1. The summed E-state index contributed by atoms with van der Waals surface area (Å²) in [5, 5.41) is 8.75. The Kier molecular flexibility index (Phi) is 3.94. The molecule has 4 rings (SSSR count). The topological polar surface area (TPSA) is 49.0 Å². The molecule has 2 heterocycles. The van der Waals surface area contributed by atoms with Crippen molar-refractivity contribution in [2.75, 3.05) is 6.54 Å². The third kappa shape index (κ3) is 2.66. The van der Waals surface area contributed by atoms with Gasteiger partial charge < -0.3 is 4.90 Å². The molecular weight excluding hydrogens is 345 g/mol. The number of carbonyl (C=O) groups excluding carboxylic acids is 1. The number of hydrogen-bond acceptors (Lipinski definition) is 2. The fourth-order valence-electron chi connectivity index (χ4n) is 3.32. The average Bonchev–Trinajstić information content (AvgIpc) is 3.22. The number of aromatic amines is 1. The number of hydrogen-bond donors (Lipinski definition) is 1. The van der Waals surface area contributed by atoms with Crippen LogP contribution in [0.1, 0.15) is 34.8 Å². The zero-order valence-corrected chi connectivity index (χ0v) is 14.3. The lowest BCUT2D eigenvalue weighted by molar-refractivity contribution is 0.0736. The summed E-state index contributed by atoms with van der Waals surface area (Å²) in [5.41, 5.74) is 2.51. The maximum atomic E-state index is 13.0. The van der Waals surface area contributed by atoms with Crippen LogP contribution >= 0.6 is 23.2 Å². The van der Waals surface area contributed by atoms with E-state index in [0.717, 1.165) is 35.9 Å². The highest BCUT2D eigenvalue weighted by molar-refractivity contribution is 6.34. The van der Waals surface area contributed by atoms with Crippen LogP contribution in [0, 0.1) is 0 Å². The number of likely N-dealkylation sites (tertiary alicyclic amines) is 1. The monoisotopic (exact) mass is 359 g/mol. The summed E-state index contributed by atoms with van der Waals surface area (Å²) in [6.07, 6.45) is 1.95. The lowest BCUT2D eigenvalue weighted by Gasteiger charge is -2.25. The number of H-pyrrole nitrogens is 1. The minimum atomic E-state index is 0.0200. The zero-order chi connectivity index (χ0) is 16.7. The number of amides is 1. The predicted octanol–water partition coefficient (Wildman–Crippen LogP) is 4.85. The summed E-state index contributed by atoms with van der Waals surface area (Å²) >= 11 is 12.1. The first kappa shape index (κ1) is 15.5. The lowest BCUT2D eigenvalue weighted by Crippen LogP contribution is -2.30. The van der Waals surface area contributed by atoms with Crippen LogP contribution in [0.25, 0.3) is 10.9 Å². The van der Waals surface area contributed by atoms with Crippen LogP contribution in [-0.4, -0.2) is 27.5 Å². The van der Waals surface area contributed by atoms with Gasteiger partial charge in [0.1, 0.15) is 5.15 Å². The van der Waals surface area contributed by atoms with Gasteiger partial charge in [-0.1, -0.05) is 35.3 Å². The van der Waals surface area contributed by atoms with Crippen molar-refractivity contribution >= 4 is 40.0 Å². The van der Waals surface area contributed by atoms with E-state index in [1.54, 1.807) is 12.1 Å². The number of aromatic nitrogens is 2. The second-order valence-electron chi connectivity index (χ2n) is 5.98. The van der Waals surface area contributed by atoms with Crippen molar-refractivity contribution in [1.82, 2.24) is 15.1 Å². The van der Waals surface area contributed by atoms with Gasteiger partial charge in [0.25, 0.3) is 5.91 Å². The van der Waals surface area contributed by atoms with E-state index < -0.39 is 0 Å². The molecular formula is C18H15Cl2N3O. The first-order valence-corrected chi connectivity index (χ1v) is 8.59. The molecule has 0 spiro atoms. The van der Waals surface area contributed by atoms with E-state index in [-0.39, 0.29) is 11.9 Å². The molecule has 2 aromatic carbocycles. The summed E-state index contributed by atoms with van der Waals surface area (Å²) in [5.74, 6) is 0.0200. The standard InChI is InChI=1S/C18H15Cl2N3O/c19-13-6-3-11(4-7-13)16-2-1-9-23(16)18(24)12-5-8-15-14(10-12)17(20)22-21-15/h3-8,10,16H,1-2,9H2,(H,21,22). The van der Waals surface area contributed by atoms with Crippen LogP contribution in [0.2, 0.25) is 10.2 Å². The van der Waals surface area contributed by atoms with E-state index in [2.05, 4.69) is 10.2 Å². The molecule has 0 radical (unpaired) electrons. The first-order valence-electron chi connectivity index (χ1n) is 7.83. The molecule has 4 nitrogen and oxygen atoms in total. The minimum absolute atomic E-state index is 0.0200. The molecule has 1 N–H and O–H groups in total. The highest BCUT2D eigenvalue weighted by Crippen LogP contribution is 2.34. The number of carbonyl (C=O) groups is 1. The molecule has 1 amide bonds. The van der Waals surface area contributed by atoms with Gasteiger partial charge in [0.15, 0.2) is 0 Å². The van der Waals surface area contributed by atoms with Crippen molar-refractivity contribution in [2.45, 2.75) is 18.9 Å². The summed E-state index contributed by atoms with van der Waals surface area (Å²) in [7, 11) is 0. The highest BCUT2D eigenvalue weighted by Gasteiger charge is 2.30. The van der Waals surface area contributed by atoms with E-state index in [4.69, 9.17) is 23.2 Å². The third-order valence-corrected chi connectivity index (χ3v) is 5.06. The smallest absolute Gasteiger partial charge is 0.254 e. The Labute approximate surface area is 149 Å². The molecule has 1 atom stereocenters. The number of fused-ring (bicyclic) bond motifs is 1. The van der Waals surface area contributed by atoms with Gasteiger partial charge in [-0.05, 0) is 48.7 Å². The fraction of sp³-hybridized carbons (Fsp3) is 0.222. The molecule has 1 unspecified atom stereocenters. The number of rotatable bonds is 2. The molecule has 1 aliphatic rings. The summed E-state index contributed by atoms with van der Waals surface area (Å²) in [4.78, 5) is 14.9. The third-order valence-electron chi connectivity index (χ3n) is 4.52. The maximum absolute atomic E-state index is 13.0. The van der Waals surface area contributed by atoms with Crippen molar-refractivity contribution in [2.24, 2.45) is 0 Å². The number of benzene rings is 2. The van der Waals surface area contributed by atoms with E-state index in [0.29, 0.717) is 15.7 Å². The van der Waals surface area contributed by atoms with Crippen LogP contribution in [0.15, 0.2) is 42.5 Å². The maximum Gasteiger partial charge on any atom is 0.254 e. The molecule has 1 saturated heterocycles. The fourth-order valence-corrected chi connectivity index (χ4v) is 3.64. The van der Waals surface area contributed by atoms with Crippen LogP contribution in [0.5, 0.6) is 0 Å². The second-order valence-corrected chi connectivity index (χ2v) is 6.79. The Hall–Kier alpha value is -2.04. The summed E-state index contributed by atoms with van der Waals surface area (Å²) in [6.45, 7) is 0.753. The van der Waals surface area contributed by atoms with Gasteiger partial charge in [-0.25, -0.2) is 0 Å². The van der Waals surface area contributed by atoms with Gasteiger partial charge in [-0.15, -0.1) is 0 Å². The van der Waals surface area contributed by atoms with Gasteiger partial charge in [0.2, 0.25) is 0 Å². The van der Waals surface area contributed by atoms with Gasteiger partial charge in [-0.2, -0.15) is 5.10 Å². The average molecular weight is 360 g/mol. The van der Waals surface area contributed by atoms with Gasteiger partial charge >= 0.3 is 0 Å². The molecule has 0 aliphatic carbocycles. The molecule has 0 bridgehead atoms. The van der Waals surface area contributed by atoms with Gasteiger partial charge in [0.05, 0.1) is 11.6 Å². The Morgan fingerprint density at radius 3 is 2.75 bits per heavy atom. The lowest BCUT2D eigenvalue weighted by atomic mass is 10.0. The van der Waals surface area contributed by atoms with Crippen LogP contribution in [0.4, 0.5) is 0 Å². The van der Waals surface area contributed by atoms with Crippen molar-refractivity contribution < 1.29 is 4.79 Å². The molecule has 0 saturated carbocycles. The summed E-state index contributed by atoms with van der Waals surface area (Å²) < 4.78 is 0. The van der Waals surface area contributed by atoms with Crippen LogP contribution < -0.4 is 0 Å². The second kappa shape index (κ2) is 6.11. The van der Waals surface area contributed by atoms with Gasteiger partial charge in [-0.3, -0.25) is 9.89 Å². The van der Waals surface area contributed by atoms with E-state index >= 15 is 0 Å². The molecule has 6 heteroatoms. The first-order chi connectivity index (χ1) is 11.6. The van der Waals surface area contributed by atoms with Crippen molar-refractivity contribution in [3.8, 4) is 0 Å². The minimum Gasteiger partial charge on any atom is -0.332 e. The van der Waals surface area contributed by atoms with E-state index in [1.165, 1.54) is 0 Å². The van der Waals surface area contributed by atoms with Crippen molar-refractivity contribution in [3.63, 3.8) is 0 Å². The molecule has 1 fully saturated rings. The quantitative estimate of drug-likeness (QED) is 0.710. The zero-order valence-electron chi connectivity index (χ0n) is 12.8. The molecule has 1 aliphatic heterocycles. The Morgan fingerprint density at radius 2 is 1.96 bits per heavy atom. The summed E-state index contributed by atoms with van der Waals surface area (Å²) in [6, 6.07) is 13.2. The van der Waals surface area contributed by atoms with E-state index in [9.17, 15) is 4.79 Å². The normalized spacial score (nSPS) is 17.6. The largest absolute Gasteiger partial charge is 0.332 e. The number of nitrogens with one attached hydrogen (secondary N) is 1. The van der Waals surface area contributed by atoms with Gasteiger partial charge in [0, 0.05) is 22.5 Å². The van der Waals surface area contributed by atoms with Crippen LogP contribution in [-0.2, 0) is 0 Å². The molecule has 1 aromatic heterocycles. The van der Waals surface area contributed by atoms with E-state index in [1.807, 2.05) is 35.2 Å².